The molecule has 0 aliphatic carbocycles. The van der Waals surface area contributed by atoms with E-state index in [1.807, 2.05) is 6.07 Å². The number of hydrogen-bond donors (Lipinski definition) is 2. The van der Waals surface area contributed by atoms with E-state index in [9.17, 15) is 9.59 Å². The van der Waals surface area contributed by atoms with Gasteiger partial charge in [-0.2, -0.15) is 10.2 Å². The summed E-state index contributed by atoms with van der Waals surface area (Å²) in [6.07, 6.45) is 4.45. The summed E-state index contributed by atoms with van der Waals surface area (Å²) >= 11 is 12.6. The Bertz CT molecular complexity index is 1290. The standard InChI is InChI=1S/C21H14Cl2N6O2/c22-17-9-13(12-2-1-3-14(8-12)19(24)30)4-5-16(17)21(31)28-15-10-18(23)20(25-11-15)29-26-6-7-27-29/h1-11H,(H2,24,30)(H,28,31). The highest BCUT2D eigenvalue weighted by molar-refractivity contribution is 6.35. The molecule has 10 heteroatoms. The summed E-state index contributed by atoms with van der Waals surface area (Å²) in [6.45, 7) is 0. The fraction of sp³-hybridized carbons (Fsp3) is 0. The van der Waals surface area contributed by atoms with Gasteiger partial charge in [-0.3, -0.25) is 9.59 Å². The van der Waals surface area contributed by atoms with Gasteiger partial charge in [0.2, 0.25) is 5.91 Å². The molecule has 0 bridgehead atoms. The molecule has 0 atom stereocenters. The fourth-order valence-corrected chi connectivity index (χ4v) is 3.41. The van der Waals surface area contributed by atoms with Crippen LogP contribution in [0.3, 0.4) is 0 Å². The maximum absolute atomic E-state index is 12.7. The molecule has 0 saturated heterocycles. The number of primary amides is 1. The third-order valence-corrected chi connectivity index (χ3v) is 4.97. The van der Waals surface area contributed by atoms with E-state index in [1.54, 1.807) is 42.5 Å². The highest BCUT2D eigenvalue weighted by Crippen LogP contribution is 2.27. The normalized spacial score (nSPS) is 10.6. The van der Waals surface area contributed by atoms with Crippen molar-refractivity contribution in [1.29, 1.82) is 0 Å². The van der Waals surface area contributed by atoms with Gasteiger partial charge in [0.15, 0.2) is 5.82 Å². The summed E-state index contributed by atoms with van der Waals surface area (Å²) < 4.78 is 0. The highest BCUT2D eigenvalue weighted by Gasteiger charge is 2.14. The Morgan fingerprint density at radius 2 is 1.68 bits per heavy atom. The van der Waals surface area contributed by atoms with Gasteiger partial charge in [0.25, 0.3) is 5.91 Å². The van der Waals surface area contributed by atoms with Gasteiger partial charge in [-0.05, 0) is 41.5 Å². The molecule has 0 saturated carbocycles. The predicted octanol–water partition coefficient (Wildman–Crippen LogP) is 3.99. The van der Waals surface area contributed by atoms with Crippen LogP contribution in [0.15, 0.2) is 67.1 Å². The maximum atomic E-state index is 12.7. The number of amides is 2. The molecule has 0 unspecified atom stereocenters. The number of carbonyl (C=O) groups excluding carboxylic acids is 2. The lowest BCUT2D eigenvalue weighted by atomic mass is 10.0. The van der Waals surface area contributed by atoms with Crippen molar-refractivity contribution < 1.29 is 9.59 Å². The third-order valence-electron chi connectivity index (χ3n) is 4.38. The molecule has 4 aromatic rings. The van der Waals surface area contributed by atoms with Crippen LogP contribution in [0.25, 0.3) is 16.9 Å². The van der Waals surface area contributed by atoms with Crippen molar-refractivity contribution in [2.45, 2.75) is 0 Å². The minimum Gasteiger partial charge on any atom is -0.366 e. The number of rotatable bonds is 5. The van der Waals surface area contributed by atoms with Crippen LogP contribution in [0.2, 0.25) is 10.0 Å². The second-order valence-electron chi connectivity index (χ2n) is 6.44. The van der Waals surface area contributed by atoms with Crippen LogP contribution in [-0.2, 0) is 0 Å². The van der Waals surface area contributed by atoms with Gasteiger partial charge >= 0.3 is 0 Å². The van der Waals surface area contributed by atoms with Gasteiger partial charge in [-0.15, -0.1) is 4.80 Å². The molecular formula is C21H14Cl2N6O2. The van der Waals surface area contributed by atoms with Crippen LogP contribution in [0.5, 0.6) is 0 Å². The average Bonchev–Trinajstić information content (AvgIpc) is 3.28. The molecular weight excluding hydrogens is 439 g/mol. The topological polar surface area (TPSA) is 116 Å². The summed E-state index contributed by atoms with van der Waals surface area (Å²) in [5.74, 6) is -0.610. The molecule has 0 spiro atoms. The van der Waals surface area contributed by atoms with Gasteiger partial charge in [-0.25, -0.2) is 4.98 Å². The van der Waals surface area contributed by atoms with Gasteiger partial charge in [0, 0.05) is 5.56 Å². The van der Waals surface area contributed by atoms with E-state index in [1.165, 1.54) is 23.4 Å². The van der Waals surface area contributed by atoms with E-state index < -0.39 is 11.8 Å². The van der Waals surface area contributed by atoms with E-state index in [4.69, 9.17) is 28.9 Å². The summed E-state index contributed by atoms with van der Waals surface area (Å²) in [7, 11) is 0. The first-order chi connectivity index (χ1) is 14.9. The first-order valence-corrected chi connectivity index (χ1v) is 9.71. The number of anilines is 1. The molecule has 2 heterocycles. The Hall–Kier alpha value is -3.75. The van der Waals surface area contributed by atoms with E-state index in [0.29, 0.717) is 17.1 Å². The number of hydrogen-bond acceptors (Lipinski definition) is 5. The summed E-state index contributed by atoms with van der Waals surface area (Å²) in [5, 5.41) is 11.2. The number of nitrogens with zero attached hydrogens (tertiary/aromatic N) is 4. The Kier molecular flexibility index (Phi) is 5.66. The molecule has 31 heavy (non-hydrogen) atoms. The molecule has 2 aromatic carbocycles. The molecule has 0 radical (unpaired) electrons. The summed E-state index contributed by atoms with van der Waals surface area (Å²) in [5.41, 5.74) is 7.87. The minimum atomic E-state index is -0.523. The minimum absolute atomic E-state index is 0.246. The van der Waals surface area contributed by atoms with Crippen molar-refractivity contribution in [3.63, 3.8) is 0 Å². The van der Waals surface area contributed by atoms with Crippen molar-refractivity contribution in [2.75, 3.05) is 5.32 Å². The SMILES string of the molecule is NC(=O)c1cccc(-c2ccc(C(=O)Nc3cnc(-n4nccn4)c(Cl)c3)c(Cl)c2)c1. The van der Waals surface area contributed by atoms with Crippen molar-refractivity contribution in [2.24, 2.45) is 5.73 Å². The molecule has 2 aromatic heterocycles. The van der Waals surface area contributed by atoms with Crippen LogP contribution < -0.4 is 11.1 Å². The number of halogens is 2. The molecule has 0 aliphatic rings. The number of pyridine rings is 1. The number of carbonyl (C=O) groups is 2. The van der Waals surface area contributed by atoms with Crippen LogP contribution in [0.4, 0.5) is 5.69 Å². The first kappa shape index (κ1) is 20.5. The fourth-order valence-electron chi connectivity index (χ4n) is 2.90. The smallest absolute Gasteiger partial charge is 0.257 e. The molecule has 8 nitrogen and oxygen atoms in total. The molecule has 154 valence electrons. The second-order valence-corrected chi connectivity index (χ2v) is 7.26. The van der Waals surface area contributed by atoms with Crippen LogP contribution in [0, 0.1) is 0 Å². The zero-order chi connectivity index (χ0) is 22.0. The number of nitrogens with two attached hydrogens (primary N) is 1. The Labute approximate surface area is 186 Å². The van der Waals surface area contributed by atoms with Gasteiger partial charge in [0.1, 0.15) is 0 Å². The van der Waals surface area contributed by atoms with Gasteiger partial charge in [-0.1, -0.05) is 41.4 Å². The van der Waals surface area contributed by atoms with Crippen molar-refractivity contribution in [3.8, 4) is 16.9 Å². The monoisotopic (exact) mass is 452 g/mol. The molecule has 3 N–H and O–H groups in total. The highest BCUT2D eigenvalue weighted by atomic mass is 35.5. The molecule has 0 aliphatic heterocycles. The van der Waals surface area contributed by atoms with E-state index in [2.05, 4.69) is 20.5 Å². The van der Waals surface area contributed by atoms with E-state index in [-0.39, 0.29) is 15.6 Å². The van der Waals surface area contributed by atoms with Crippen molar-refractivity contribution in [1.82, 2.24) is 20.0 Å². The Balaban J connectivity index is 1.55. The van der Waals surface area contributed by atoms with Crippen molar-refractivity contribution >= 4 is 40.7 Å². The Morgan fingerprint density at radius 1 is 0.935 bits per heavy atom. The number of nitrogens with one attached hydrogen (secondary N) is 1. The summed E-state index contributed by atoms with van der Waals surface area (Å²) in [4.78, 5) is 29.6. The van der Waals surface area contributed by atoms with Crippen molar-refractivity contribution in [3.05, 3.63) is 88.3 Å². The second kappa shape index (κ2) is 8.55. The summed E-state index contributed by atoms with van der Waals surface area (Å²) in [6, 6.07) is 13.4. The first-order valence-electron chi connectivity index (χ1n) is 8.96. The molecule has 2 amide bonds. The van der Waals surface area contributed by atoms with Crippen LogP contribution in [-0.4, -0.2) is 31.8 Å². The lowest BCUT2D eigenvalue weighted by Gasteiger charge is -2.10. The zero-order valence-electron chi connectivity index (χ0n) is 15.8. The molecule has 4 rings (SSSR count). The van der Waals surface area contributed by atoms with Gasteiger partial charge in [0.05, 0.1) is 39.9 Å². The van der Waals surface area contributed by atoms with E-state index >= 15 is 0 Å². The van der Waals surface area contributed by atoms with Crippen LogP contribution in [0.1, 0.15) is 20.7 Å². The number of benzene rings is 2. The van der Waals surface area contributed by atoms with Gasteiger partial charge < -0.3 is 11.1 Å². The lowest BCUT2D eigenvalue weighted by molar-refractivity contribution is 0.0997. The zero-order valence-corrected chi connectivity index (χ0v) is 17.3. The average molecular weight is 453 g/mol. The van der Waals surface area contributed by atoms with E-state index in [0.717, 1.165) is 11.1 Å². The quantitative estimate of drug-likeness (QED) is 0.474. The lowest BCUT2D eigenvalue weighted by Crippen LogP contribution is -2.13. The maximum Gasteiger partial charge on any atom is 0.257 e. The molecule has 0 fully saturated rings. The number of aromatic nitrogens is 4. The predicted molar refractivity (Wildman–Crippen MR) is 118 cm³/mol. The van der Waals surface area contributed by atoms with Crippen LogP contribution >= 0.6 is 23.2 Å². The third kappa shape index (κ3) is 4.40. The largest absolute Gasteiger partial charge is 0.366 e. The Morgan fingerprint density at radius 3 is 2.35 bits per heavy atom.